The van der Waals surface area contributed by atoms with Crippen molar-refractivity contribution in [1.82, 2.24) is 4.98 Å². The summed E-state index contributed by atoms with van der Waals surface area (Å²) < 4.78 is 10.6. The van der Waals surface area contributed by atoms with E-state index in [0.29, 0.717) is 23.9 Å². The van der Waals surface area contributed by atoms with Crippen LogP contribution in [0.5, 0.6) is 11.6 Å². The summed E-state index contributed by atoms with van der Waals surface area (Å²) >= 11 is 0. The van der Waals surface area contributed by atoms with Gasteiger partial charge in [0.05, 0.1) is 12.8 Å². The minimum absolute atomic E-state index is 0.326. The second kappa shape index (κ2) is 5.21. The first-order valence-corrected chi connectivity index (χ1v) is 5.27. The number of hydrogen-bond donors (Lipinski definition) is 1. The van der Waals surface area contributed by atoms with Crippen LogP contribution in [-0.4, -0.2) is 12.1 Å². The van der Waals surface area contributed by atoms with Crippen LogP contribution in [0.25, 0.3) is 0 Å². The van der Waals surface area contributed by atoms with Crippen molar-refractivity contribution in [1.29, 1.82) is 0 Å². The molecule has 4 heteroatoms. The lowest BCUT2D eigenvalue weighted by molar-refractivity contribution is 0.299. The van der Waals surface area contributed by atoms with Crippen LogP contribution in [0.2, 0.25) is 0 Å². The molecule has 1 aromatic heterocycles. The SMILES string of the molecule is COc1ccc(N)c(COc2ccccc2)n1. The topological polar surface area (TPSA) is 57.4 Å². The fourth-order valence-corrected chi connectivity index (χ4v) is 1.39. The number of anilines is 1. The Hall–Kier alpha value is -2.23. The number of hydrogen-bond acceptors (Lipinski definition) is 4. The Balaban J connectivity index is 2.08. The third-order valence-electron chi connectivity index (χ3n) is 2.31. The van der Waals surface area contributed by atoms with Crippen molar-refractivity contribution in [3.63, 3.8) is 0 Å². The van der Waals surface area contributed by atoms with Crippen LogP contribution in [0.1, 0.15) is 5.69 Å². The number of nitrogens with two attached hydrogens (primary N) is 1. The van der Waals surface area contributed by atoms with Crippen LogP contribution in [0.4, 0.5) is 5.69 Å². The van der Waals surface area contributed by atoms with E-state index < -0.39 is 0 Å². The molecule has 0 aliphatic carbocycles. The molecule has 0 aliphatic rings. The predicted octanol–water partition coefficient (Wildman–Crippen LogP) is 2.25. The van der Waals surface area contributed by atoms with E-state index in [1.54, 1.807) is 19.2 Å². The summed E-state index contributed by atoms with van der Waals surface area (Å²) in [5, 5.41) is 0. The Kier molecular flexibility index (Phi) is 3.45. The molecule has 0 bridgehead atoms. The average molecular weight is 230 g/mol. The minimum Gasteiger partial charge on any atom is -0.487 e. The van der Waals surface area contributed by atoms with Gasteiger partial charge < -0.3 is 15.2 Å². The van der Waals surface area contributed by atoms with Crippen molar-refractivity contribution in [2.45, 2.75) is 6.61 Å². The maximum Gasteiger partial charge on any atom is 0.213 e. The predicted molar refractivity (Wildman–Crippen MR) is 66.0 cm³/mol. The maximum absolute atomic E-state index is 5.81. The Labute approximate surface area is 100 Å². The van der Waals surface area contributed by atoms with E-state index in [4.69, 9.17) is 15.2 Å². The van der Waals surface area contributed by atoms with Crippen molar-refractivity contribution in [3.05, 3.63) is 48.2 Å². The molecule has 88 valence electrons. The molecule has 2 rings (SSSR count). The molecule has 0 unspecified atom stereocenters. The highest BCUT2D eigenvalue weighted by Gasteiger charge is 2.04. The Morgan fingerprint density at radius 1 is 1.12 bits per heavy atom. The zero-order valence-electron chi connectivity index (χ0n) is 9.59. The van der Waals surface area contributed by atoms with E-state index in [1.165, 1.54) is 0 Å². The summed E-state index contributed by atoms with van der Waals surface area (Å²) in [6.45, 7) is 0.326. The lowest BCUT2D eigenvalue weighted by atomic mass is 10.3. The molecule has 2 aromatic rings. The molecule has 4 nitrogen and oxygen atoms in total. The van der Waals surface area contributed by atoms with Crippen molar-refractivity contribution in [2.24, 2.45) is 0 Å². The van der Waals surface area contributed by atoms with E-state index in [1.807, 2.05) is 30.3 Å². The number of ether oxygens (including phenoxy) is 2. The number of benzene rings is 1. The van der Waals surface area contributed by atoms with Gasteiger partial charge in [0.15, 0.2) is 0 Å². The molecular weight excluding hydrogens is 216 g/mol. The first-order valence-electron chi connectivity index (χ1n) is 5.27. The smallest absolute Gasteiger partial charge is 0.213 e. The van der Waals surface area contributed by atoms with Crippen LogP contribution >= 0.6 is 0 Å². The highest BCUT2D eigenvalue weighted by atomic mass is 16.5. The molecule has 17 heavy (non-hydrogen) atoms. The van der Waals surface area contributed by atoms with Gasteiger partial charge in [-0.05, 0) is 18.2 Å². The van der Waals surface area contributed by atoms with Crippen LogP contribution < -0.4 is 15.2 Å². The molecule has 2 N–H and O–H groups in total. The number of methoxy groups -OCH3 is 1. The fourth-order valence-electron chi connectivity index (χ4n) is 1.39. The third-order valence-corrected chi connectivity index (χ3v) is 2.31. The van der Waals surface area contributed by atoms with Gasteiger partial charge >= 0.3 is 0 Å². The van der Waals surface area contributed by atoms with Gasteiger partial charge in [0.25, 0.3) is 0 Å². The number of para-hydroxylation sites is 1. The van der Waals surface area contributed by atoms with Crippen molar-refractivity contribution in [2.75, 3.05) is 12.8 Å². The van der Waals surface area contributed by atoms with Gasteiger partial charge in [0.2, 0.25) is 5.88 Å². The van der Waals surface area contributed by atoms with E-state index in [-0.39, 0.29) is 0 Å². The van der Waals surface area contributed by atoms with Gasteiger partial charge in [-0.2, -0.15) is 0 Å². The molecule has 0 radical (unpaired) electrons. The highest BCUT2D eigenvalue weighted by molar-refractivity contribution is 5.44. The minimum atomic E-state index is 0.326. The summed E-state index contributed by atoms with van der Waals surface area (Å²) in [7, 11) is 1.57. The lowest BCUT2D eigenvalue weighted by Gasteiger charge is -2.08. The van der Waals surface area contributed by atoms with Crippen LogP contribution in [0.15, 0.2) is 42.5 Å². The molecule has 0 saturated carbocycles. The third kappa shape index (κ3) is 2.87. The second-order valence-electron chi connectivity index (χ2n) is 3.49. The molecule has 0 amide bonds. The fraction of sp³-hybridized carbons (Fsp3) is 0.154. The molecule has 0 saturated heterocycles. The van der Waals surface area contributed by atoms with Gasteiger partial charge in [-0.15, -0.1) is 0 Å². The Bertz CT molecular complexity index is 486. The van der Waals surface area contributed by atoms with Gasteiger partial charge in [0.1, 0.15) is 18.1 Å². The number of aromatic nitrogens is 1. The Morgan fingerprint density at radius 3 is 2.59 bits per heavy atom. The molecule has 1 heterocycles. The van der Waals surface area contributed by atoms with Gasteiger partial charge in [-0.3, -0.25) is 0 Å². The number of rotatable bonds is 4. The quantitative estimate of drug-likeness (QED) is 0.875. The van der Waals surface area contributed by atoms with E-state index in [2.05, 4.69) is 4.98 Å². The van der Waals surface area contributed by atoms with E-state index >= 15 is 0 Å². The molecule has 0 fully saturated rings. The number of nitrogen functional groups attached to an aromatic ring is 1. The lowest BCUT2D eigenvalue weighted by Crippen LogP contribution is -2.04. The molecular formula is C13H14N2O2. The first-order chi connectivity index (χ1) is 8.29. The number of nitrogens with zero attached hydrogens (tertiary/aromatic N) is 1. The normalized spacial score (nSPS) is 9.94. The second-order valence-corrected chi connectivity index (χ2v) is 3.49. The molecule has 0 atom stereocenters. The summed E-state index contributed by atoms with van der Waals surface area (Å²) in [5.41, 5.74) is 7.08. The molecule has 0 spiro atoms. The van der Waals surface area contributed by atoms with Crippen molar-refractivity contribution < 1.29 is 9.47 Å². The number of pyridine rings is 1. The summed E-state index contributed by atoms with van der Waals surface area (Å²) in [5.74, 6) is 1.32. The van der Waals surface area contributed by atoms with Crippen molar-refractivity contribution >= 4 is 5.69 Å². The maximum atomic E-state index is 5.81. The Morgan fingerprint density at radius 2 is 1.88 bits per heavy atom. The van der Waals surface area contributed by atoms with Crippen LogP contribution in [-0.2, 0) is 6.61 Å². The molecule has 0 aliphatic heterocycles. The van der Waals surface area contributed by atoms with Crippen molar-refractivity contribution in [3.8, 4) is 11.6 Å². The zero-order valence-corrected chi connectivity index (χ0v) is 9.59. The standard InChI is InChI=1S/C13H14N2O2/c1-16-13-8-7-11(14)12(15-13)9-17-10-5-3-2-4-6-10/h2-8H,9,14H2,1H3. The monoisotopic (exact) mass is 230 g/mol. The van der Waals surface area contributed by atoms with Gasteiger partial charge in [-0.25, -0.2) is 4.98 Å². The average Bonchev–Trinajstić information content (AvgIpc) is 2.39. The van der Waals surface area contributed by atoms with Gasteiger partial charge in [-0.1, -0.05) is 18.2 Å². The summed E-state index contributed by atoms with van der Waals surface area (Å²) in [6.07, 6.45) is 0. The first kappa shape index (κ1) is 11.3. The van der Waals surface area contributed by atoms with Crippen LogP contribution in [0, 0.1) is 0 Å². The molecule has 1 aromatic carbocycles. The van der Waals surface area contributed by atoms with Gasteiger partial charge in [0, 0.05) is 6.07 Å². The highest BCUT2D eigenvalue weighted by Crippen LogP contribution is 2.17. The van der Waals surface area contributed by atoms with Crippen LogP contribution in [0.3, 0.4) is 0 Å². The van der Waals surface area contributed by atoms with E-state index in [9.17, 15) is 0 Å². The summed E-state index contributed by atoms with van der Waals surface area (Å²) in [4.78, 5) is 4.23. The summed E-state index contributed by atoms with van der Waals surface area (Å²) in [6, 6.07) is 13.0. The van der Waals surface area contributed by atoms with E-state index in [0.717, 1.165) is 5.75 Å². The zero-order chi connectivity index (χ0) is 12.1. The largest absolute Gasteiger partial charge is 0.487 e.